The van der Waals surface area contributed by atoms with Gasteiger partial charge in [0.2, 0.25) is 11.1 Å². The Morgan fingerprint density at radius 1 is 1.00 bits per heavy atom. The molecule has 1 aliphatic heterocycles. The molecule has 22 heavy (non-hydrogen) atoms. The molecule has 2 aromatic rings. The highest BCUT2D eigenvalue weighted by molar-refractivity contribution is 7.80. The molecule has 1 saturated heterocycles. The number of anilines is 1. The van der Waals surface area contributed by atoms with Gasteiger partial charge >= 0.3 is 0 Å². The van der Waals surface area contributed by atoms with Gasteiger partial charge in [-0.2, -0.15) is 0 Å². The number of rotatable bonds is 4. The van der Waals surface area contributed by atoms with Crippen LogP contribution in [0.15, 0.2) is 53.4 Å². The third-order valence-corrected chi connectivity index (χ3v) is 4.71. The van der Waals surface area contributed by atoms with Gasteiger partial charge < -0.3 is 14.4 Å². The van der Waals surface area contributed by atoms with Crippen LogP contribution in [0.4, 0.5) is 5.69 Å². The molecule has 0 spiro atoms. The van der Waals surface area contributed by atoms with Crippen molar-refractivity contribution in [2.75, 3.05) is 31.1 Å². The van der Waals surface area contributed by atoms with Gasteiger partial charge in [-0.25, -0.2) is 4.21 Å². The van der Waals surface area contributed by atoms with Crippen LogP contribution in [0.3, 0.4) is 0 Å². The standard InChI is InChI=1S/C17H20N2O2S/c1-14-2-8-17(9-3-14)22(20)21-16-6-4-15(5-7-16)19-12-10-18-11-13-19/h2-9,18H,10-13H2,1H3. The summed E-state index contributed by atoms with van der Waals surface area (Å²) in [5.41, 5.74) is 2.32. The molecule has 3 rings (SSSR count). The molecule has 0 radical (unpaired) electrons. The van der Waals surface area contributed by atoms with Crippen LogP contribution in [-0.2, 0) is 11.1 Å². The first kappa shape index (κ1) is 15.1. The fourth-order valence-corrected chi connectivity index (χ4v) is 3.16. The Hall–Kier alpha value is -1.85. The summed E-state index contributed by atoms with van der Waals surface area (Å²) in [7, 11) is 0. The lowest BCUT2D eigenvalue weighted by atomic mass is 10.2. The van der Waals surface area contributed by atoms with Crippen molar-refractivity contribution in [1.29, 1.82) is 0 Å². The Morgan fingerprint density at radius 3 is 2.27 bits per heavy atom. The van der Waals surface area contributed by atoms with Crippen molar-refractivity contribution in [3.05, 3.63) is 54.1 Å². The van der Waals surface area contributed by atoms with E-state index in [-0.39, 0.29) is 0 Å². The zero-order chi connectivity index (χ0) is 15.4. The van der Waals surface area contributed by atoms with E-state index in [1.165, 1.54) is 5.69 Å². The molecule has 0 aliphatic carbocycles. The Balaban J connectivity index is 1.65. The zero-order valence-corrected chi connectivity index (χ0v) is 13.4. The van der Waals surface area contributed by atoms with E-state index in [2.05, 4.69) is 10.2 Å². The number of nitrogens with zero attached hydrogens (tertiary/aromatic N) is 1. The molecular formula is C17H20N2O2S. The first-order chi connectivity index (χ1) is 10.7. The van der Waals surface area contributed by atoms with Crippen LogP contribution in [0.5, 0.6) is 5.75 Å². The highest BCUT2D eigenvalue weighted by Gasteiger charge is 2.11. The van der Waals surface area contributed by atoms with Gasteiger partial charge in [0.1, 0.15) is 5.75 Å². The molecule has 0 amide bonds. The summed E-state index contributed by atoms with van der Waals surface area (Å²) in [6, 6.07) is 15.3. The minimum atomic E-state index is -1.48. The van der Waals surface area contributed by atoms with Crippen LogP contribution in [-0.4, -0.2) is 30.4 Å². The Morgan fingerprint density at radius 2 is 1.64 bits per heavy atom. The third-order valence-electron chi connectivity index (χ3n) is 3.70. The van der Waals surface area contributed by atoms with Gasteiger partial charge in [-0.15, -0.1) is 0 Å². The van der Waals surface area contributed by atoms with Crippen LogP contribution < -0.4 is 14.4 Å². The van der Waals surface area contributed by atoms with E-state index in [9.17, 15) is 4.21 Å². The Kier molecular flexibility index (Phi) is 4.75. The van der Waals surface area contributed by atoms with Gasteiger partial charge in [-0.1, -0.05) is 17.7 Å². The zero-order valence-electron chi connectivity index (χ0n) is 12.6. The summed E-state index contributed by atoms with van der Waals surface area (Å²) in [4.78, 5) is 3.01. The molecular weight excluding hydrogens is 296 g/mol. The molecule has 1 fully saturated rings. The van der Waals surface area contributed by atoms with Crippen LogP contribution in [0.2, 0.25) is 0 Å². The van der Waals surface area contributed by atoms with E-state index < -0.39 is 11.1 Å². The van der Waals surface area contributed by atoms with Crippen molar-refractivity contribution < 1.29 is 8.39 Å². The quantitative estimate of drug-likeness (QED) is 0.941. The lowest BCUT2D eigenvalue weighted by Crippen LogP contribution is -2.43. The van der Waals surface area contributed by atoms with E-state index in [1.807, 2.05) is 55.5 Å². The number of hydrogen-bond donors (Lipinski definition) is 1. The highest BCUT2D eigenvalue weighted by Crippen LogP contribution is 2.21. The molecule has 0 aromatic heterocycles. The van der Waals surface area contributed by atoms with Gasteiger partial charge in [0.25, 0.3) is 0 Å². The monoisotopic (exact) mass is 316 g/mol. The molecule has 5 heteroatoms. The molecule has 116 valence electrons. The average molecular weight is 316 g/mol. The van der Waals surface area contributed by atoms with Crippen molar-refractivity contribution in [3.8, 4) is 5.75 Å². The third kappa shape index (κ3) is 3.67. The summed E-state index contributed by atoms with van der Waals surface area (Å²) in [6.45, 7) is 6.04. The summed E-state index contributed by atoms with van der Waals surface area (Å²) in [5.74, 6) is 0.623. The molecule has 1 N–H and O–H groups in total. The summed E-state index contributed by atoms with van der Waals surface area (Å²) in [5, 5.41) is 3.34. The average Bonchev–Trinajstić information content (AvgIpc) is 2.57. The minimum Gasteiger partial charge on any atom is -0.397 e. The number of nitrogens with one attached hydrogen (secondary N) is 1. The van der Waals surface area contributed by atoms with Crippen LogP contribution >= 0.6 is 0 Å². The van der Waals surface area contributed by atoms with Crippen molar-refractivity contribution in [2.45, 2.75) is 11.8 Å². The maximum atomic E-state index is 12.2. The molecule has 2 aromatic carbocycles. The van der Waals surface area contributed by atoms with Crippen molar-refractivity contribution in [3.63, 3.8) is 0 Å². The van der Waals surface area contributed by atoms with Gasteiger partial charge in [-0.05, 0) is 43.3 Å². The van der Waals surface area contributed by atoms with Crippen molar-refractivity contribution in [2.24, 2.45) is 0 Å². The fraction of sp³-hybridized carbons (Fsp3) is 0.294. The number of aryl methyl sites for hydroxylation is 1. The summed E-state index contributed by atoms with van der Waals surface area (Å²) < 4.78 is 17.7. The van der Waals surface area contributed by atoms with E-state index >= 15 is 0 Å². The fourth-order valence-electron chi connectivity index (χ4n) is 2.42. The van der Waals surface area contributed by atoms with Gasteiger partial charge in [0.05, 0.1) is 4.90 Å². The van der Waals surface area contributed by atoms with Crippen LogP contribution in [0.25, 0.3) is 0 Å². The molecule has 0 bridgehead atoms. The topological polar surface area (TPSA) is 41.6 Å². The molecule has 1 aliphatic rings. The normalized spacial score (nSPS) is 16.3. The molecule has 1 heterocycles. The SMILES string of the molecule is Cc1ccc(S(=O)Oc2ccc(N3CCNCC3)cc2)cc1. The summed E-state index contributed by atoms with van der Waals surface area (Å²) >= 11 is -1.48. The maximum Gasteiger partial charge on any atom is 0.240 e. The van der Waals surface area contributed by atoms with Crippen molar-refractivity contribution >= 4 is 16.8 Å². The van der Waals surface area contributed by atoms with Gasteiger partial charge in [-0.3, -0.25) is 0 Å². The second-order valence-corrected chi connectivity index (χ2v) is 6.47. The van der Waals surface area contributed by atoms with Crippen LogP contribution in [0.1, 0.15) is 5.56 Å². The van der Waals surface area contributed by atoms with E-state index in [0.717, 1.165) is 31.7 Å². The molecule has 4 nitrogen and oxygen atoms in total. The molecule has 1 atom stereocenters. The van der Waals surface area contributed by atoms with E-state index in [0.29, 0.717) is 10.6 Å². The smallest absolute Gasteiger partial charge is 0.240 e. The first-order valence-electron chi connectivity index (χ1n) is 7.45. The second-order valence-electron chi connectivity index (χ2n) is 5.36. The number of piperazine rings is 1. The van der Waals surface area contributed by atoms with Crippen molar-refractivity contribution in [1.82, 2.24) is 5.32 Å². The molecule has 0 saturated carbocycles. The van der Waals surface area contributed by atoms with E-state index in [1.54, 1.807) is 0 Å². The molecule has 1 unspecified atom stereocenters. The van der Waals surface area contributed by atoms with Gasteiger partial charge in [0.15, 0.2) is 0 Å². The maximum absolute atomic E-state index is 12.2. The number of benzene rings is 2. The minimum absolute atomic E-state index is 0.623. The van der Waals surface area contributed by atoms with Crippen LogP contribution in [0, 0.1) is 6.92 Å². The second kappa shape index (κ2) is 6.94. The Labute approximate surface area is 133 Å². The largest absolute Gasteiger partial charge is 0.397 e. The predicted molar refractivity (Wildman–Crippen MR) is 89.7 cm³/mol. The lowest BCUT2D eigenvalue weighted by molar-refractivity contribution is 0.561. The lowest BCUT2D eigenvalue weighted by Gasteiger charge is -2.29. The van der Waals surface area contributed by atoms with E-state index in [4.69, 9.17) is 4.18 Å². The Bertz CT molecular complexity index is 635. The van der Waals surface area contributed by atoms with Gasteiger partial charge in [0, 0.05) is 31.9 Å². The summed E-state index contributed by atoms with van der Waals surface area (Å²) in [6.07, 6.45) is 0. The number of hydrogen-bond acceptors (Lipinski definition) is 4. The predicted octanol–water partition coefficient (Wildman–Crippen LogP) is 2.51. The first-order valence-corrected chi connectivity index (χ1v) is 8.52. The highest BCUT2D eigenvalue weighted by atomic mass is 32.2.